The highest BCUT2D eigenvalue weighted by molar-refractivity contribution is 7.89. The van der Waals surface area contributed by atoms with Crippen LogP contribution in [0.5, 0.6) is 0 Å². The van der Waals surface area contributed by atoms with Gasteiger partial charge < -0.3 is 14.2 Å². The van der Waals surface area contributed by atoms with E-state index in [0.717, 1.165) is 12.8 Å². The number of nitrogens with zero attached hydrogens (tertiary/aromatic N) is 3. The third kappa shape index (κ3) is 4.28. The topological polar surface area (TPSA) is 82.9 Å². The summed E-state index contributed by atoms with van der Waals surface area (Å²) in [4.78, 5) is 0.264. The first-order valence-electron chi connectivity index (χ1n) is 9.26. The van der Waals surface area contributed by atoms with Crippen molar-refractivity contribution in [2.75, 3.05) is 40.0 Å². The number of ether oxygens (including phenoxy) is 3. The van der Waals surface area contributed by atoms with E-state index < -0.39 is 10.0 Å². The summed E-state index contributed by atoms with van der Waals surface area (Å²) in [5.41, 5.74) is -0.268. The Morgan fingerprint density at radius 2 is 2.12 bits per heavy atom. The highest BCUT2D eigenvalue weighted by atomic mass is 32.2. The van der Waals surface area contributed by atoms with Crippen LogP contribution in [0.25, 0.3) is 0 Å². The Hall–Kier alpha value is -1.00. The third-order valence-corrected chi connectivity index (χ3v) is 7.15. The molecule has 1 unspecified atom stereocenters. The van der Waals surface area contributed by atoms with Gasteiger partial charge in [0.05, 0.1) is 31.1 Å². The maximum absolute atomic E-state index is 12.8. The van der Waals surface area contributed by atoms with Gasteiger partial charge >= 0.3 is 0 Å². The van der Waals surface area contributed by atoms with E-state index in [-0.39, 0.29) is 16.6 Å². The van der Waals surface area contributed by atoms with Crippen molar-refractivity contribution in [3.8, 4) is 0 Å². The van der Waals surface area contributed by atoms with Gasteiger partial charge in [0, 0.05) is 46.0 Å². The van der Waals surface area contributed by atoms with E-state index in [1.165, 1.54) is 6.20 Å². The minimum absolute atomic E-state index is 0.157. The molecule has 0 bridgehead atoms. The highest BCUT2D eigenvalue weighted by Gasteiger charge is 2.43. The molecule has 2 aliphatic rings. The molecule has 0 N–H and O–H groups in total. The summed E-state index contributed by atoms with van der Waals surface area (Å²) >= 11 is 0. The summed E-state index contributed by atoms with van der Waals surface area (Å²) in [6.07, 6.45) is 6.26. The van der Waals surface area contributed by atoms with Crippen LogP contribution in [0.15, 0.2) is 17.3 Å². The lowest BCUT2D eigenvalue weighted by molar-refractivity contribution is -0.152. The fourth-order valence-corrected chi connectivity index (χ4v) is 5.10. The van der Waals surface area contributed by atoms with Crippen molar-refractivity contribution in [2.24, 2.45) is 0 Å². The molecule has 148 valence electrons. The van der Waals surface area contributed by atoms with Gasteiger partial charge in [-0.1, -0.05) is 0 Å². The molecule has 1 aromatic heterocycles. The van der Waals surface area contributed by atoms with E-state index in [1.54, 1.807) is 22.3 Å². The van der Waals surface area contributed by atoms with Crippen LogP contribution in [0.4, 0.5) is 0 Å². The second-order valence-corrected chi connectivity index (χ2v) is 8.88. The van der Waals surface area contributed by atoms with Crippen LogP contribution in [-0.2, 0) is 30.8 Å². The number of aryl methyl sites for hydroxylation is 1. The number of methoxy groups -OCH3 is 1. The van der Waals surface area contributed by atoms with E-state index in [0.29, 0.717) is 52.3 Å². The van der Waals surface area contributed by atoms with Crippen LogP contribution in [0.3, 0.4) is 0 Å². The Labute approximate surface area is 155 Å². The van der Waals surface area contributed by atoms with E-state index in [4.69, 9.17) is 14.2 Å². The van der Waals surface area contributed by atoms with Crippen molar-refractivity contribution in [3.05, 3.63) is 12.4 Å². The van der Waals surface area contributed by atoms with E-state index in [9.17, 15) is 8.42 Å². The fourth-order valence-electron chi connectivity index (χ4n) is 3.71. The largest absolute Gasteiger partial charge is 0.382 e. The van der Waals surface area contributed by atoms with Gasteiger partial charge in [0.15, 0.2) is 0 Å². The molecule has 1 spiro atoms. The maximum Gasteiger partial charge on any atom is 0.246 e. The molecule has 8 nitrogen and oxygen atoms in total. The first kappa shape index (κ1) is 19.8. The number of hydrogen-bond acceptors (Lipinski definition) is 6. The molecule has 2 fully saturated rings. The van der Waals surface area contributed by atoms with Gasteiger partial charge in [-0.25, -0.2) is 8.42 Å². The number of rotatable bonds is 7. The Kier molecular flexibility index (Phi) is 6.34. The SMILES string of the molecule is CCn1cc(S(=O)(=O)N2CCC3(CC2)CC(OCCOC)CCO3)cn1. The zero-order chi connectivity index (χ0) is 18.6. The minimum Gasteiger partial charge on any atom is -0.382 e. The molecule has 0 amide bonds. The van der Waals surface area contributed by atoms with Crippen LogP contribution in [0.2, 0.25) is 0 Å². The molecule has 1 aromatic rings. The van der Waals surface area contributed by atoms with Gasteiger partial charge in [-0.2, -0.15) is 9.40 Å². The Balaban J connectivity index is 1.59. The maximum atomic E-state index is 12.8. The van der Waals surface area contributed by atoms with Gasteiger partial charge in [-0.15, -0.1) is 0 Å². The van der Waals surface area contributed by atoms with E-state index >= 15 is 0 Å². The van der Waals surface area contributed by atoms with Crippen LogP contribution >= 0.6 is 0 Å². The first-order valence-corrected chi connectivity index (χ1v) is 10.7. The molecule has 0 radical (unpaired) electrons. The molecule has 2 aliphatic heterocycles. The minimum atomic E-state index is -3.49. The number of piperidine rings is 1. The average Bonchev–Trinajstić information content (AvgIpc) is 3.13. The summed E-state index contributed by atoms with van der Waals surface area (Å²) in [5, 5.41) is 4.08. The zero-order valence-electron chi connectivity index (χ0n) is 15.6. The highest BCUT2D eigenvalue weighted by Crippen LogP contribution is 2.37. The van der Waals surface area contributed by atoms with Crippen molar-refractivity contribution in [1.29, 1.82) is 0 Å². The van der Waals surface area contributed by atoms with Gasteiger partial charge in [-0.3, -0.25) is 4.68 Å². The Morgan fingerprint density at radius 1 is 1.35 bits per heavy atom. The lowest BCUT2D eigenvalue weighted by atomic mass is 9.84. The summed E-state index contributed by atoms with van der Waals surface area (Å²) in [7, 11) is -1.83. The normalized spacial score (nSPS) is 24.2. The van der Waals surface area contributed by atoms with Crippen LogP contribution in [-0.4, -0.2) is 74.2 Å². The Bertz CT molecular complexity index is 682. The van der Waals surface area contributed by atoms with E-state index in [1.807, 2.05) is 6.92 Å². The van der Waals surface area contributed by atoms with Gasteiger partial charge in [0.25, 0.3) is 0 Å². The molecule has 3 heterocycles. The number of hydrogen-bond donors (Lipinski definition) is 0. The number of aromatic nitrogens is 2. The quantitative estimate of drug-likeness (QED) is 0.655. The predicted octanol–water partition coefficient (Wildman–Crippen LogP) is 1.27. The van der Waals surface area contributed by atoms with Gasteiger partial charge in [0.2, 0.25) is 10.0 Å². The summed E-state index contributed by atoms with van der Waals surface area (Å²) in [6.45, 7) is 5.33. The van der Waals surface area contributed by atoms with Gasteiger partial charge in [-0.05, 0) is 26.2 Å². The van der Waals surface area contributed by atoms with Crippen LogP contribution < -0.4 is 0 Å². The summed E-state index contributed by atoms with van der Waals surface area (Å²) < 4.78 is 45.8. The lowest BCUT2D eigenvalue weighted by Gasteiger charge is -2.45. The molecule has 26 heavy (non-hydrogen) atoms. The molecule has 3 rings (SSSR count). The van der Waals surface area contributed by atoms with E-state index in [2.05, 4.69) is 5.10 Å². The number of sulfonamides is 1. The first-order chi connectivity index (χ1) is 12.5. The predicted molar refractivity (Wildman–Crippen MR) is 95.4 cm³/mol. The second-order valence-electron chi connectivity index (χ2n) is 6.95. The molecule has 0 aromatic carbocycles. The molecule has 9 heteroatoms. The summed E-state index contributed by atoms with van der Waals surface area (Å²) in [5.74, 6) is 0. The van der Waals surface area contributed by atoms with Crippen molar-refractivity contribution < 1.29 is 22.6 Å². The molecule has 1 atom stereocenters. The molecule has 0 aliphatic carbocycles. The van der Waals surface area contributed by atoms with Crippen molar-refractivity contribution >= 4 is 10.0 Å². The van der Waals surface area contributed by atoms with Crippen molar-refractivity contribution in [1.82, 2.24) is 14.1 Å². The zero-order valence-corrected chi connectivity index (χ0v) is 16.4. The Morgan fingerprint density at radius 3 is 2.77 bits per heavy atom. The average molecular weight is 388 g/mol. The van der Waals surface area contributed by atoms with Crippen molar-refractivity contribution in [2.45, 2.75) is 55.8 Å². The third-order valence-electron chi connectivity index (χ3n) is 5.29. The molecular weight excluding hydrogens is 358 g/mol. The molecular formula is C17H29N3O5S. The standard InChI is InChI=1S/C17H29N3O5S/c1-3-19-14-16(13-18-19)26(21,22)20-7-5-17(6-8-20)12-15(4-9-25-17)24-11-10-23-2/h13-15H,3-12H2,1-2H3. The monoisotopic (exact) mass is 387 g/mol. The lowest BCUT2D eigenvalue weighted by Crippen LogP contribution is -2.52. The van der Waals surface area contributed by atoms with Gasteiger partial charge in [0.1, 0.15) is 4.90 Å². The van der Waals surface area contributed by atoms with Crippen LogP contribution in [0.1, 0.15) is 32.6 Å². The fraction of sp³-hybridized carbons (Fsp3) is 0.824. The smallest absolute Gasteiger partial charge is 0.246 e. The summed E-state index contributed by atoms with van der Waals surface area (Å²) in [6, 6.07) is 0. The molecule has 0 saturated carbocycles. The molecule has 2 saturated heterocycles. The van der Waals surface area contributed by atoms with Crippen molar-refractivity contribution in [3.63, 3.8) is 0 Å². The van der Waals surface area contributed by atoms with Crippen LogP contribution in [0, 0.1) is 0 Å². The second kappa shape index (κ2) is 8.35.